The molecule has 1 saturated carbocycles. The molecule has 0 aromatic heterocycles. The SMILES string of the molecule is CC(CC#N)NCCC1CCC1. The molecular formula is C10H18N2. The summed E-state index contributed by atoms with van der Waals surface area (Å²) in [6, 6.07) is 2.54. The zero-order valence-electron chi connectivity index (χ0n) is 7.84. The Balaban J connectivity index is 1.90. The van der Waals surface area contributed by atoms with Crippen LogP contribution in [0.2, 0.25) is 0 Å². The van der Waals surface area contributed by atoms with E-state index in [0.29, 0.717) is 12.5 Å². The Kier molecular flexibility index (Phi) is 4.10. The molecule has 0 amide bonds. The number of nitriles is 1. The molecule has 12 heavy (non-hydrogen) atoms. The fourth-order valence-electron chi connectivity index (χ4n) is 1.52. The van der Waals surface area contributed by atoms with Crippen molar-refractivity contribution in [2.75, 3.05) is 6.54 Å². The van der Waals surface area contributed by atoms with Gasteiger partial charge in [-0.3, -0.25) is 0 Å². The van der Waals surface area contributed by atoms with Crippen LogP contribution in [0.4, 0.5) is 0 Å². The first-order valence-electron chi connectivity index (χ1n) is 4.93. The van der Waals surface area contributed by atoms with Crippen molar-refractivity contribution in [2.45, 2.75) is 45.1 Å². The van der Waals surface area contributed by atoms with Gasteiger partial charge in [-0.05, 0) is 25.8 Å². The molecule has 0 aliphatic heterocycles. The van der Waals surface area contributed by atoms with E-state index in [9.17, 15) is 0 Å². The Hall–Kier alpha value is -0.550. The van der Waals surface area contributed by atoms with E-state index in [2.05, 4.69) is 18.3 Å². The maximum absolute atomic E-state index is 8.41. The van der Waals surface area contributed by atoms with E-state index in [1.807, 2.05) is 0 Å². The molecule has 0 heterocycles. The van der Waals surface area contributed by atoms with Crippen LogP contribution >= 0.6 is 0 Å². The molecule has 0 spiro atoms. The van der Waals surface area contributed by atoms with Gasteiger partial charge in [0.2, 0.25) is 0 Å². The second-order valence-electron chi connectivity index (χ2n) is 3.80. The maximum Gasteiger partial charge on any atom is 0.0638 e. The molecule has 1 N–H and O–H groups in total. The average molecular weight is 166 g/mol. The number of nitrogens with zero attached hydrogens (tertiary/aromatic N) is 1. The summed E-state index contributed by atoms with van der Waals surface area (Å²) >= 11 is 0. The van der Waals surface area contributed by atoms with Crippen molar-refractivity contribution >= 4 is 0 Å². The minimum atomic E-state index is 0.370. The van der Waals surface area contributed by atoms with Crippen LogP contribution in [0.5, 0.6) is 0 Å². The van der Waals surface area contributed by atoms with E-state index in [4.69, 9.17) is 5.26 Å². The Morgan fingerprint density at radius 1 is 1.58 bits per heavy atom. The van der Waals surface area contributed by atoms with E-state index < -0.39 is 0 Å². The topological polar surface area (TPSA) is 35.8 Å². The van der Waals surface area contributed by atoms with Gasteiger partial charge in [-0.15, -0.1) is 0 Å². The number of hydrogen-bond donors (Lipinski definition) is 1. The number of rotatable bonds is 5. The van der Waals surface area contributed by atoms with Gasteiger partial charge < -0.3 is 5.32 Å². The maximum atomic E-state index is 8.41. The van der Waals surface area contributed by atoms with Crippen molar-refractivity contribution in [1.29, 1.82) is 5.26 Å². The van der Waals surface area contributed by atoms with Crippen molar-refractivity contribution in [3.63, 3.8) is 0 Å². The molecule has 2 heteroatoms. The van der Waals surface area contributed by atoms with Crippen LogP contribution in [-0.4, -0.2) is 12.6 Å². The lowest BCUT2D eigenvalue weighted by atomic mass is 9.83. The summed E-state index contributed by atoms with van der Waals surface area (Å²) in [7, 11) is 0. The summed E-state index contributed by atoms with van der Waals surface area (Å²) in [4.78, 5) is 0. The molecular weight excluding hydrogens is 148 g/mol. The van der Waals surface area contributed by atoms with Gasteiger partial charge in [-0.2, -0.15) is 5.26 Å². The van der Waals surface area contributed by atoms with Gasteiger partial charge in [0, 0.05) is 6.04 Å². The van der Waals surface area contributed by atoms with Crippen LogP contribution in [-0.2, 0) is 0 Å². The van der Waals surface area contributed by atoms with Crippen LogP contribution < -0.4 is 5.32 Å². The molecule has 1 unspecified atom stereocenters. The number of nitrogens with one attached hydrogen (secondary N) is 1. The zero-order chi connectivity index (χ0) is 8.81. The second kappa shape index (κ2) is 5.16. The van der Waals surface area contributed by atoms with Crippen molar-refractivity contribution in [2.24, 2.45) is 5.92 Å². The zero-order valence-corrected chi connectivity index (χ0v) is 7.84. The van der Waals surface area contributed by atoms with Crippen LogP contribution in [0.1, 0.15) is 39.0 Å². The third-order valence-corrected chi connectivity index (χ3v) is 2.67. The van der Waals surface area contributed by atoms with Crippen LogP contribution in [0.3, 0.4) is 0 Å². The molecule has 2 nitrogen and oxygen atoms in total. The van der Waals surface area contributed by atoms with Crippen LogP contribution in [0, 0.1) is 17.2 Å². The van der Waals surface area contributed by atoms with Gasteiger partial charge in [0.25, 0.3) is 0 Å². The summed E-state index contributed by atoms with van der Waals surface area (Å²) in [6.45, 7) is 3.16. The molecule has 1 rings (SSSR count). The van der Waals surface area contributed by atoms with E-state index in [1.165, 1.54) is 25.7 Å². The van der Waals surface area contributed by atoms with Gasteiger partial charge >= 0.3 is 0 Å². The molecule has 68 valence electrons. The molecule has 1 aliphatic rings. The Morgan fingerprint density at radius 3 is 2.83 bits per heavy atom. The van der Waals surface area contributed by atoms with Gasteiger partial charge in [0.15, 0.2) is 0 Å². The Morgan fingerprint density at radius 2 is 2.33 bits per heavy atom. The van der Waals surface area contributed by atoms with Gasteiger partial charge in [0.1, 0.15) is 0 Å². The average Bonchev–Trinajstić information content (AvgIpc) is 1.95. The van der Waals surface area contributed by atoms with Crippen molar-refractivity contribution in [3.8, 4) is 6.07 Å². The van der Waals surface area contributed by atoms with E-state index >= 15 is 0 Å². The highest BCUT2D eigenvalue weighted by molar-refractivity contribution is 4.78. The first-order valence-corrected chi connectivity index (χ1v) is 4.93. The van der Waals surface area contributed by atoms with Crippen molar-refractivity contribution in [1.82, 2.24) is 5.32 Å². The molecule has 0 aromatic rings. The van der Waals surface area contributed by atoms with Crippen LogP contribution in [0.25, 0.3) is 0 Å². The first kappa shape index (κ1) is 9.54. The third-order valence-electron chi connectivity index (χ3n) is 2.67. The molecule has 1 aliphatic carbocycles. The predicted octanol–water partition coefficient (Wildman–Crippen LogP) is 2.07. The van der Waals surface area contributed by atoms with Crippen LogP contribution in [0.15, 0.2) is 0 Å². The normalized spacial score (nSPS) is 19.7. The summed E-state index contributed by atoms with van der Waals surface area (Å²) in [5.41, 5.74) is 0. The molecule has 0 saturated heterocycles. The van der Waals surface area contributed by atoms with Gasteiger partial charge in [0.05, 0.1) is 12.5 Å². The fraction of sp³-hybridized carbons (Fsp3) is 0.900. The molecule has 0 radical (unpaired) electrons. The Bertz CT molecular complexity index is 156. The monoisotopic (exact) mass is 166 g/mol. The van der Waals surface area contributed by atoms with Crippen molar-refractivity contribution < 1.29 is 0 Å². The minimum absolute atomic E-state index is 0.370. The van der Waals surface area contributed by atoms with E-state index in [1.54, 1.807) is 0 Å². The van der Waals surface area contributed by atoms with E-state index in [-0.39, 0.29) is 0 Å². The summed E-state index contributed by atoms with van der Waals surface area (Å²) in [6.07, 6.45) is 6.21. The second-order valence-corrected chi connectivity index (χ2v) is 3.80. The van der Waals surface area contributed by atoms with Gasteiger partial charge in [-0.25, -0.2) is 0 Å². The Labute approximate surface area is 75.0 Å². The van der Waals surface area contributed by atoms with E-state index in [0.717, 1.165) is 12.5 Å². The standard InChI is InChI=1S/C10H18N2/c1-9(5-7-11)12-8-6-10-3-2-4-10/h9-10,12H,2-6,8H2,1H3. The molecule has 1 fully saturated rings. The van der Waals surface area contributed by atoms with Gasteiger partial charge in [-0.1, -0.05) is 19.3 Å². The smallest absolute Gasteiger partial charge is 0.0638 e. The quantitative estimate of drug-likeness (QED) is 0.678. The lowest BCUT2D eigenvalue weighted by Crippen LogP contribution is -2.28. The van der Waals surface area contributed by atoms with Crippen molar-refractivity contribution in [3.05, 3.63) is 0 Å². The molecule has 0 aromatic carbocycles. The lowest BCUT2D eigenvalue weighted by Gasteiger charge is -2.25. The summed E-state index contributed by atoms with van der Waals surface area (Å²) in [5, 5.41) is 11.8. The summed E-state index contributed by atoms with van der Waals surface area (Å²) < 4.78 is 0. The number of hydrogen-bond acceptors (Lipinski definition) is 2. The largest absolute Gasteiger partial charge is 0.313 e. The highest BCUT2D eigenvalue weighted by Gasteiger charge is 2.16. The summed E-state index contributed by atoms with van der Waals surface area (Å²) in [5.74, 6) is 0.979. The highest BCUT2D eigenvalue weighted by Crippen LogP contribution is 2.28. The fourth-order valence-corrected chi connectivity index (χ4v) is 1.52. The predicted molar refractivity (Wildman–Crippen MR) is 49.7 cm³/mol. The first-order chi connectivity index (χ1) is 5.83. The highest BCUT2D eigenvalue weighted by atomic mass is 14.9. The molecule has 0 bridgehead atoms. The minimum Gasteiger partial charge on any atom is -0.313 e. The third kappa shape index (κ3) is 3.23. The lowest BCUT2D eigenvalue weighted by molar-refractivity contribution is 0.288. The molecule has 1 atom stereocenters.